The third-order valence-corrected chi connectivity index (χ3v) is 5.63. The van der Waals surface area contributed by atoms with Crippen LogP contribution in [0.15, 0.2) is 72.9 Å². The number of methoxy groups -OCH3 is 1. The Bertz CT molecular complexity index is 1620. The molecule has 0 aliphatic carbocycles. The van der Waals surface area contributed by atoms with E-state index in [0.29, 0.717) is 22.8 Å². The average molecular weight is 465 g/mol. The van der Waals surface area contributed by atoms with Gasteiger partial charge in [-0.3, -0.25) is 4.79 Å². The maximum atomic E-state index is 13.1. The molecular weight excluding hydrogens is 445 g/mol. The fraction of sp³-hybridized carbons (Fsp3) is 0.0741. The number of hydrogen-bond acceptors (Lipinski definition) is 4. The van der Waals surface area contributed by atoms with Crippen LogP contribution in [0.25, 0.3) is 33.6 Å². The minimum absolute atomic E-state index is 0.0536. The number of nitrogens with zero attached hydrogens (tertiary/aromatic N) is 3. The monoisotopic (exact) mass is 465 g/mol. The Morgan fingerprint density at radius 2 is 2.00 bits per heavy atom. The number of hydrogen-bond donors (Lipinski definition) is 2. The zero-order valence-electron chi connectivity index (χ0n) is 18.7. The van der Waals surface area contributed by atoms with Crippen molar-refractivity contribution < 1.29 is 13.9 Å². The molecule has 35 heavy (non-hydrogen) atoms. The number of anilines is 1. The molecule has 0 radical (unpaired) electrons. The fourth-order valence-corrected chi connectivity index (χ4v) is 3.96. The smallest absolute Gasteiger partial charge is 0.244 e. The number of aromatic amines is 1. The summed E-state index contributed by atoms with van der Waals surface area (Å²) in [5.74, 6) is 0.520. The topological polar surface area (TPSA) is 95.7 Å². The fourth-order valence-electron chi connectivity index (χ4n) is 3.96. The third kappa shape index (κ3) is 4.48. The molecule has 0 fully saturated rings. The van der Waals surface area contributed by atoms with Crippen LogP contribution in [0.4, 0.5) is 10.1 Å². The average Bonchev–Trinajstić information content (AvgIpc) is 3.44. The van der Waals surface area contributed by atoms with E-state index in [-0.39, 0.29) is 18.3 Å². The molecule has 5 aromatic rings. The van der Waals surface area contributed by atoms with Crippen molar-refractivity contribution in [3.63, 3.8) is 0 Å². The number of allylic oxidation sites excluding steroid dienone is 1. The SMILES string of the molecule is COc1ccc2nc(/C(C#N)=C\c3cn(CC(=O)Nc4ccc(F)cc4)c4ccccc34)[nH]c2c1. The lowest BCUT2D eigenvalue weighted by molar-refractivity contribution is -0.116. The van der Waals surface area contributed by atoms with Gasteiger partial charge in [0.25, 0.3) is 0 Å². The van der Waals surface area contributed by atoms with E-state index >= 15 is 0 Å². The first-order chi connectivity index (χ1) is 17.0. The summed E-state index contributed by atoms with van der Waals surface area (Å²) in [7, 11) is 1.59. The number of nitrogens with one attached hydrogen (secondary N) is 2. The summed E-state index contributed by atoms with van der Waals surface area (Å²) in [5, 5.41) is 13.5. The van der Waals surface area contributed by atoms with Gasteiger partial charge < -0.3 is 19.6 Å². The summed E-state index contributed by atoms with van der Waals surface area (Å²) in [6.07, 6.45) is 3.59. The van der Waals surface area contributed by atoms with Crippen molar-refractivity contribution in [3.05, 3.63) is 90.1 Å². The number of amides is 1. The van der Waals surface area contributed by atoms with Gasteiger partial charge in [-0.1, -0.05) is 18.2 Å². The molecule has 0 saturated carbocycles. The number of carbonyl (C=O) groups is 1. The Morgan fingerprint density at radius 3 is 2.77 bits per heavy atom. The number of nitriles is 1. The highest BCUT2D eigenvalue weighted by Gasteiger charge is 2.14. The summed E-state index contributed by atoms with van der Waals surface area (Å²) in [4.78, 5) is 20.4. The molecule has 8 heteroatoms. The first-order valence-corrected chi connectivity index (χ1v) is 10.8. The first-order valence-electron chi connectivity index (χ1n) is 10.8. The van der Waals surface area contributed by atoms with Gasteiger partial charge in [-0.15, -0.1) is 0 Å². The number of rotatable bonds is 6. The molecule has 172 valence electrons. The van der Waals surface area contributed by atoms with E-state index in [1.807, 2.05) is 53.2 Å². The second-order valence-electron chi connectivity index (χ2n) is 7.92. The Kier molecular flexibility index (Phi) is 5.73. The molecule has 3 aromatic carbocycles. The molecule has 0 atom stereocenters. The standard InChI is InChI=1S/C27H20FN5O2/c1-35-21-10-11-23-24(13-21)32-27(31-23)17(14-29)12-18-15-33(25-5-3-2-4-22(18)25)16-26(34)30-20-8-6-19(28)7-9-20/h2-13,15H,16H2,1H3,(H,30,34)(H,31,32)/b17-12-. The van der Waals surface area contributed by atoms with Crippen LogP contribution in [-0.4, -0.2) is 27.6 Å². The number of para-hydroxylation sites is 1. The summed E-state index contributed by atoms with van der Waals surface area (Å²) in [6, 6.07) is 20.9. The zero-order chi connectivity index (χ0) is 24.4. The number of ether oxygens (including phenoxy) is 1. The van der Waals surface area contributed by atoms with Crippen LogP contribution in [0.5, 0.6) is 5.75 Å². The maximum Gasteiger partial charge on any atom is 0.244 e. The van der Waals surface area contributed by atoms with Gasteiger partial charge in [-0.05, 0) is 48.5 Å². The highest BCUT2D eigenvalue weighted by molar-refractivity contribution is 5.99. The number of benzene rings is 3. The lowest BCUT2D eigenvalue weighted by atomic mass is 10.1. The van der Waals surface area contributed by atoms with Crippen LogP contribution >= 0.6 is 0 Å². The van der Waals surface area contributed by atoms with Crippen LogP contribution in [0.1, 0.15) is 11.4 Å². The number of aromatic nitrogens is 3. The predicted octanol–water partition coefficient (Wildman–Crippen LogP) is 5.37. The summed E-state index contributed by atoms with van der Waals surface area (Å²) in [6.45, 7) is 0.0536. The summed E-state index contributed by atoms with van der Waals surface area (Å²) < 4.78 is 20.2. The Balaban J connectivity index is 1.48. The Morgan fingerprint density at radius 1 is 1.20 bits per heavy atom. The zero-order valence-corrected chi connectivity index (χ0v) is 18.7. The van der Waals surface area contributed by atoms with Gasteiger partial charge >= 0.3 is 0 Å². The van der Waals surface area contributed by atoms with E-state index in [0.717, 1.165) is 27.5 Å². The molecule has 2 aromatic heterocycles. The van der Waals surface area contributed by atoms with Gasteiger partial charge in [0.05, 0.1) is 23.7 Å². The van der Waals surface area contributed by atoms with Gasteiger partial charge in [0.15, 0.2) is 0 Å². The third-order valence-electron chi connectivity index (χ3n) is 5.63. The van der Waals surface area contributed by atoms with Crippen molar-refractivity contribution >= 4 is 45.2 Å². The van der Waals surface area contributed by atoms with Crippen molar-refractivity contribution in [1.82, 2.24) is 14.5 Å². The van der Waals surface area contributed by atoms with Crippen LogP contribution in [0, 0.1) is 17.1 Å². The van der Waals surface area contributed by atoms with E-state index in [9.17, 15) is 14.4 Å². The van der Waals surface area contributed by atoms with Gasteiger partial charge in [0.2, 0.25) is 5.91 Å². The molecule has 0 unspecified atom stereocenters. The molecule has 0 spiro atoms. The van der Waals surface area contributed by atoms with E-state index in [4.69, 9.17) is 4.74 Å². The van der Waals surface area contributed by atoms with Gasteiger partial charge in [-0.2, -0.15) is 5.26 Å². The van der Waals surface area contributed by atoms with Gasteiger partial charge in [0.1, 0.15) is 30.0 Å². The number of halogens is 1. The lowest BCUT2D eigenvalue weighted by Gasteiger charge is -2.07. The molecule has 7 nitrogen and oxygen atoms in total. The molecule has 0 aliphatic heterocycles. The van der Waals surface area contributed by atoms with Crippen LogP contribution < -0.4 is 10.1 Å². The van der Waals surface area contributed by atoms with E-state index < -0.39 is 0 Å². The molecule has 1 amide bonds. The van der Waals surface area contributed by atoms with Crippen LogP contribution in [0.2, 0.25) is 0 Å². The van der Waals surface area contributed by atoms with Crippen molar-refractivity contribution in [3.8, 4) is 11.8 Å². The summed E-state index contributed by atoms with van der Waals surface area (Å²) >= 11 is 0. The largest absolute Gasteiger partial charge is 0.497 e. The molecular formula is C27H20FN5O2. The van der Waals surface area contributed by atoms with Crippen molar-refractivity contribution in [1.29, 1.82) is 5.26 Å². The Hall–Kier alpha value is -4.90. The number of carbonyl (C=O) groups excluding carboxylic acids is 1. The highest BCUT2D eigenvalue weighted by Crippen LogP contribution is 2.27. The molecule has 0 saturated heterocycles. The Labute approximate surface area is 200 Å². The molecule has 2 heterocycles. The van der Waals surface area contributed by atoms with Gasteiger partial charge in [-0.25, -0.2) is 9.37 Å². The second-order valence-corrected chi connectivity index (χ2v) is 7.92. The quantitative estimate of drug-likeness (QED) is 0.330. The van der Waals surface area contributed by atoms with E-state index in [1.165, 1.54) is 24.3 Å². The number of H-pyrrole nitrogens is 1. The number of imidazole rings is 1. The predicted molar refractivity (Wildman–Crippen MR) is 133 cm³/mol. The van der Waals surface area contributed by atoms with Crippen molar-refractivity contribution in [2.24, 2.45) is 0 Å². The van der Waals surface area contributed by atoms with Crippen molar-refractivity contribution in [2.75, 3.05) is 12.4 Å². The van der Waals surface area contributed by atoms with Crippen LogP contribution in [0.3, 0.4) is 0 Å². The lowest BCUT2D eigenvalue weighted by Crippen LogP contribution is -2.18. The van der Waals surface area contributed by atoms with Crippen LogP contribution in [-0.2, 0) is 11.3 Å². The highest BCUT2D eigenvalue weighted by atomic mass is 19.1. The molecule has 5 rings (SSSR count). The molecule has 0 aliphatic rings. The van der Waals surface area contributed by atoms with Gasteiger partial charge in [0, 0.05) is 34.4 Å². The van der Waals surface area contributed by atoms with E-state index in [2.05, 4.69) is 21.4 Å². The minimum Gasteiger partial charge on any atom is -0.497 e. The number of fused-ring (bicyclic) bond motifs is 2. The van der Waals surface area contributed by atoms with Crippen molar-refractivity contribution in [2.45, 2.75) is 6.54 Å². The first kappa shape index (κ1) is 21.9. The van der Waals surface area contributed by atoms with E-state index in [1.54, 1.807) is 13.2 Å². The molecule has 0 bridgehead atoms. The normalized spacial score (nSPS) is 11.5. The summed E-state index contributed by atoms with van der Waals surface area (Å²) in [5.41, 5.74) is 3.99. The minimum atomic E-state index is -0.368. The molecule has 2 N–H and O–H groups in total. The second kappa shape index (κ2) is 9.15. The maximum absolute atomic E-state index is 13.1.